The quantitative estimate of drug-likeness (QED) is 0.878. The van der Waals surface area contributed by atoms with E-state index < -0.39 is 0 Å². The Morgan fingerprint density at radius 3 is 2.59 bits per heavy atom. The number of anilines is 1. The molecule has 4 rings (SSSR count). The summed E-state index contributed by atoms with van der Waals surface area (Å²) in [4.78, 5) is 0. The van der Waals surface area contributed by atoms with Crippen LogP contribution in [0.2, 0.25) is 0 Å². The first-order valence-electron chi connectivity index (χ1n) is 8.05. The molecule has 2 aliphatic rings. The molecule has 0 saturated heterocycles. The molecule has 1 aliphatic carbocycles. The molecule has 0 saturated carbocycles. The van der Waals surface area contributed by atoms with Crippen LogP contribution in [0.1, 0.15) is 54.5 Å². The second-order valence-corrected chi connectivity index (χ2v) is 6.43. The van der Waals surface area contributed by atoms with Crippen molar-refractivity contribution >= 4 is 11.4 Å². The maximum atomic E-state index is 4.47. The van der Waals surface area contributed by atoms with Gasteiger partial charge in [-0.1, -0.05) is 56.3 Å². The summed E-state index contributed by atoms with van der Waals surface area (Å²) in [6.45, 7) is 5.45. The number of rotatable bonds is 3. The number of nitrogens with zero attached hydrogens (tertiary/aromatic N) is 1. The number of nitrogens with one attached hydrogen (secondary N) is 2. The van der Waals surface area contributed by atoms with Crippen LogP contribution >= 0.6 is 0 Å². The molecule has 1 aromatic heterocycles. The molecule has 0 spiro atoms. The van der Waals surface area contributed by atoms with E-state index in [1.807, 2.05) is 0 Å². The first kappa shape index (κ1) is 13.4. The van der Waals surface area contributed by atoms with Gasteiger partial charge in [0.1, 0.15) is 0 Å². The fraction of sp³-hybridized carbons (Fsp3) is 0.316. The molecule has 1 aromatic carbocycles. The summed E-state index contributed by atoms with van der Waals surface area (Å²) in [6, 6.07) is 9.11. The van der Waals surface area contributed by atoms with Crippen LogP contribution in [0.4, 0.5) is 5.82 Å². The van der Waals surface area contributed by atoms with Gasteiger partial charge in [0, 0.05) is 18.0 Å². The van der Waals surface area contributed by atoms with Gasteiger partial charge in [0.05, 0.1) is 5.69 Å². The van der Waals surface area contributed by atoms with Gasteiger partial charge in [-0.05, 0) is 29.0 Å². The molecule has 0 amide bonds. The zero-order valence-electron chi connectivity index (χ0n) is 13.1. The van der Waals surface area contributed by atoms with Gasteiger partial charge >= 0.3 is 0 Å². The molecule has 3 nitrogen and oxygen atoms in total. The molecule has 0 bridgehead atoms. The van der Waals surface area contributed by atoms with Gasteiger partial charge in [0.2, 0.25) is 0 Å². The summed E-state index contributed by atoms with van der Waals surface area (Å²) in [5, 5.41) is 11.1. The van der Waals surface area contributed by atoms with E-state index in [1.165, 1.54) is 28.0 Å². The molecule has 3 heteroatoms. The normalized spacial score (nSPS) is 19.4. The molecule has 1 unspecified atom stereocenters. The van der Waals surface area contributed by atoms with Crippen LogP contribution in [-0.2, 0) is 0 Å². The van der Waals surface area contributed by atoms with E-state index in [9.17, 15) is 0 Å². The summed E-state index contributed by atoms with van der Waals surface area (Å²) in [6.07, 6.45) is 7.46. The lowest BCUT2D eigenvalue weighted by atomic mass is 9.83. The van der Waals surface area contributed by atoms with Gasteiger partial charge in [-0.25, -0.2) is 0 Å². The molecule has 1 atom stereocenters. The number of fused-ring (bicyclic) bond motifs is 1. The second kappa shape index (κ2) is 5.16. The largest absolute Gasteiger partial charge is 0.368 e. The summed E-state index contributed by atoms with van der Waals surface area (Å²) >= 11 is 0. The fourth-order valence-electron chi connectivity index (χ4n) is 3.33. The third kappa shape index (κ3) is 2.08. The molecular weight excluding hydrogens is 270 g/mol. The van der Waals surface area contributed by atoms with Crippen LogP contribution in [-0.4, -0.2) is 16.7 Å². The molecule has 1 aliphatic heterocycles. The zero-order valence-corrected chi connectivity index (χ0v) is 13.1. The van der Waals surface area contributed by atoms with Crippen molar-refractivity contribution in [1.29, 1.82) is 0 Å². The van der Waals surface area contributed by atoms with E-state index in [1.54, 1.807) is 0 Å². The van der Waals surface area contributed by atoms with Gasteiger partial charge in [0.25, 0.3) is 0 Å². The van der Waals surface area contributed by atoms with Gasteiger partial charge in [0.15, 0.2) is 5.82 Å². The predicted molar refractivity (Wildman–Crippen MR) is 91.2 cm³/mol. The minimum absolute atomic E-state index is 0.418. The van der Waals surface area contributed by atoms with Crippen LogP contribution in [0, 0.1) is 0 Å². The Morgan fingerprint density at radius 1 is 1.18 bits per heavy atom. The third-order valence-corrected chi connectivity index (χ3v) is 4.72. The number of H-pyrrole nitrogens is 1. The average Bonchev–Trinajstić information content (AvgIpc) is 2.90. The molecule has 2 heterocycles. The van der Waals surface area contributed by atoms with Gasteiger partial charge in [-0.15, -0.1) is 0 Å². The highest BCUT2D eigenvalue weighted by atomic mass is 15.2. The van der Waals surface area contributed by atoms with Crippen molar-refractivity contribution in [3.05, 3.63) is 64.9 Å². The minimum Gasteiger partial charge on any atom is -0.368 e. The van der Waals surface area contributed by atoms with Crippen molar-refractivity contribution < 1.29 is 0 Å². The maximum absolute atomic E-state index is 4.47. The van der Waals surface area contributed by atoms with Crippen molar-refractivity contribution in [3.63, 3.8) is 0 Å². The Labute approximate surface area is 131 Å². The van der Waals surface area contributed by atoms with E-state index in [0.717, 1.165) is 18.8 Å². The van der Waals surface area contributed by atoms with Crippen molar-refractivity contribution in [3.8, 4) is 0 Å². The monoisotopic (exact) mass is 291 g/mol. The van der Waals surface area contributed by atoms with Crippen LogP contribution in [0.5, 0.6) is 0 Å². The molecule has 0 fully saturated rings. The number of allylic oxidation sites excluding steroid dienone is 4. The van der Waals surface area contributed by atoms with Crippen LogP contribution in [0.15, 0.2) is 42.5 Å². The molecule has 2 N–H and O–H groups in total. The van der Waals surface area contributed by atoms with Crippen molar-refractivity contribution in [1.82, 2.24) is 10.2 Å². The first-order valence-corrected chi connectivity index (χ1v) is 8.05. The standard InChI is InChI=1S/C19H21N3/c1-12(2)13-6-8-14(9-7-13)16-10-11-20-19-17(16)18(21-22-19)15-4-3-5-15/h3-9,12,16H,10-11H2,1-2H3,(H2,20,21,22). The summed E-state index contributed by atoms with van der Waals surface area (Å²) in [5.74, 6) is 2.01. The van der Waals surface area contributed by atoms with Crippen LogP contribution < -0.4 is 5.32 Å². The van der Waals surface area contributed by atoms with Crippen molar-refractivity contribution in [2.75, 3.05) is 11.9 Å². The minimum atomic E-state index is 0.418. The Bertz CT molecular complexity index is 747. The smallest absolute Gasteiger partial charge is 0.152 e. The Hall–Kier alpha value is -2.29. The first-order chi connectivity index (χ1) is 10.7. The topological polar surface area (TPSA) is 40.7 Å². The lowest BCUT2D eigenvalue weighted by Crippen LogP contribution is -2.18. The number of benzene rings is 1. The average molecular weight is 291 g/mol. The van der Waals surface area contributed by atoms with Gasteiger partial charge < -0.3 is 5.32 Å². The number of aromatic nitrogens is 2. The highest BCUT2D eigenvalue weighted by Crippen LogP contribution is 2.41. The Morgan fingerprint density at radius 2 is 1.95 bits per heavy atom. The molecule has 112 valence electrons. The Kier molecular flexibility index (Phi) is 3.14. The summed E-state index contributed by atoms with van der Waals surface area (Å²) in [7, 11) is 0. The second-order valence-electron chi connectivity index (χ2n) is 6.43. The number of hydrogen-bond acceptors (Lipinski definition) is 2. The van der Waals surface area contributed by atoms with Crippen molar-refractivity contribution in [2.45, 2.75) is 32.1 Å². The molecule has 22 heavy (non-hydrogen) atoms. The summed E-state index contributed by atoms with van der Waals surface area (Å²) in [5.41, 5.74) is 6.52. The SMILES string of the molecule is CC(C)c1ccc(C2CCNc3n[nH]c(C4=CC=C4)c32)cc1. The maximum Gasteiger partial charge on any atom is 0.152 e. The van der Waals surface area contributed by atoms with Crippen molar-refractivity contribution in [2.24, 2.45) is 0 Å². The zero-order chi connectivity index (χ0) is 15.1. The third-order valence-electron chi connectivity index (χ3n) is 4.72. The number of aromatic amines is 1. The highest BCUT2D eigenvalue weighted by Gasteiger charge is 2.28. The van der Waals surface area contributed by atoms with Crippen LogP contribution in [0.3, 0.4) is 0 Å². The molecule has 0 radical (unpaired) electrons. The van der Waals surface area contributed by atoms with Crippen LogP contribution in [0.25, 0.3) is 5.57 Å². The highest BCUT2D eigenvalue weighted by molar-refractivity contribution is 5.83. The fourth-order valence-corrected chi connectivity index (χ4v) is 3.33. The summed E-state index contributed by atoms with van der Waals surface area (Å²) < 4.78 is 0. The number of hydrogen-bond donors (Lipinski definition) is 2. The lowest BCUT2D eigenvalue weighted by Gasteiger charge is -2.25. The van der Waals surface area contributed by atoms with E-state index in [0.29, 0.717) is 11.8 Å². The van der Waals surface area contributed by atoms with E-state index in [-0.39, 0.29) is 0 Å². The molecule has 2 aromatic rings. The van der Waals surface area contributed by atoms with E-state index >= 15 is 0 Å². The Balaban J connectivity index is 1.74. The van der Waals surface area contributed by atoms with Gasteiger partial charge in [-0.2, -0.15) is 5.10 Å². The van der Waals surface area contributed by atoms with E-state index in [2.05, 4.69) is 71.9 Å². The predicted octanol–water partition coefficient (Wildman–Crippen LogP) is 4.43. The van der Waals surface area contributed by atoms with E-state index in [4.69, 9.17) is 0 Å². The van der Waals surface area contributed by atoms with Gasteiger partial charge in [-0.3, -0.25) is 5.10 Å². The lowest BCUT2D eigenvalue weighted by molar-refractivity contribution is 0.717. The molecular formula is C19H21N3.